The number of unbranched alkanes of at least 4 members (excludes halogenated alkanes) is 1. The summed E-state index contributed by atoms with van der Waals surface area (Å²) in [5.41, 5.74) is -0.643. The Morgan fingerprint density at radius 1 is 0.968 bits per heavy atom. The Kier molecular flexibility index (Phi) is 6.43. The van der Waals surface area contributed by atoms with Gasteiger partial charge in [-0.1, -0.05) is 0 Å². The third-order valence-corrected chi connectivity index (χ3v) is 4.69. The smallest absolute Gasteiger partial charge is 0.332 e. The molecule has 1 aromatic carbocycles. The van der Waals surface area contributed by atoms with Crippen molar-refractivity contribution in [3.8, 4) is 5.75 Å². The second-order valence-electron chi connectivity index (χ2n) is 6.90. The SMILES string of the molecule is Cn1c(=O)c2ncc(C(=O)NCCCCNC(=O)c3ccc(O)cc3)nc2n(C)c1=O. The Hall–Kier alpha value is -4.02. The number of benzene rings is 1. The van der Waals surface area contributed by atoms with E-state index in [9.17, 15) is 24.3 Å². The third-order valence-electron chi connectivity index (χ3n) is 4.69. The van der Waals surface area contributed by atoms with Crippen molar-refractivity contribution in [2.45, 2.75) is 12.8 Å². The molecule has 0 atom stereocenters. The molecular formula is C20H22N6O5. The molecule has 11 nitrogen and oxygen atoms in total. The topological polar surface area (TPSA) is 148 Å². The van der Waals surface area contributed by atoms with E-state index in [-0.39, 0.29) is 28.5 Å². The van der Waals surface area contributed by atoms with Crippen LogP contribution in [0.2, 0.25) is 0 Å². The highest BCUT2D eigenvalue weighted by Crippen LogP contribution is 2.09. The number of fused-ring (bicyclic) bond motifs is 1. The van der Waals surface area contributed by atoms with Crippen LogP contribution in [0, 0.1) is 0 Å². The van der Waals surface area contributed by atoms with E-state index in [2.05, 4.69) is 20.6 Å². The Morgan fingerprint density at radius 3 is 2.23 bits per heavy atom. The lowest BCUT2D eigenvalue weighted by Crippen LogP contribution is -2.38. The zero-order valence-electron chi connectivity index (χ0n) is 17.1. The van der Waals surface area contributed by atoms with E-state index in [0.29, 0.717) is 31.5 Å². The fraction of sp³-hybridized carbons (Fsp3) is 0.300. The number of carbonyl (C=O) groups excluding carboxylic acids is 2. The number of hydrogen-bond donors (Lipinski definition) is 3. The molecule has 0 aliphatic heterocycles. The van der Waals surface area contributed by atoms with Gasteiger partial charge < -0.3 is 15.7 Å². The van der Waals surface area contributed by atoms with E-state index in [1.54, 1.807) is 0 Å². The fourth-order valence-electron chi connectivity index (χ4n) is 2.89. The monoisotopic (exact) mass is 426 g/mol. The van der Waals surface area contributed by atoms with Crippen LogP contribution in [0.1, 0.15) is 33.7 Å². The van der Waals surface area contributed by atoms with E-state index in [1.807, 2.05) is 0 Å². The molecule has 11 heteroatoms. The van der Waals surface area contributed by atoms with Crippen LogP contribution in [0.5, 0.6) is 5.75 Å². The van der Waals surface area contributed by atoms with Gasteiger partial charge in [0.1, 0.15) is 11.4 Å². The number of nitrogens with zero attached hydrogens (tertiary/aromatic N) is 4. The molecule has 0 aliphatic rings. The van der Waals surface area contributed by atoms with Gasteiger partial charge in [0.2, 0.25) is 0 Å². The van der Waals surface area contributed by atoms with Crippen molar-refractivity contribution < 1.29 is 14.7 Å². The first kappa shape index (κ1) is 21.7. The van der Waals surface area contributed by atoms with Crippen LogP contribution in [0.4, 0.5) is 0 Å². The summed E-state index contributed by atoms with van der Waals surface area (Å²) < 4.78 is 2.09. The highest BCUT2D eigenvalue weighted by Gasteiger charge is 2.15. The molecule has 0 radical (unpaired) electrons. The van der Waals surface area contributed by atoms with Crippen molar-refractivity contribution in [1.82, 2.24) is 29.7 Å². The summed E-state index contributed by atoms with van der Waals surface area (Å²) in [6, 6.07) is 5.94. The van der Waals surface area contributed by atoms with Crippen molar-refractivity contribution in [3.63, 3.8) is 0 Å². The maximum atomic E-state index is 12.3. The van der Waals surface area contributed by atoms with E-state index in [1.165, 1.54) is 44.6 Å². The highest BCUT2D eigenvalue weighted by molar-refractivity contribution is 5.94. The predicted octanol–water partition coefficient (Wildman–Crippen LogP) is -0.327. The third kappa shape index (κ3) is 4.77. The van der Waals surface area contributed by atoms with E-state index in [0.717, 1.165) is 9.13 Å². The van der Waals surface area contributed by atoms with Gasteiger partial charge in [0.15, 0.2) is 11.2 Å². The normalized spacial score (nSPS) is 10.8. The van der Waals surface area contributed by atoms with Crippen LogP contribution < -0.4 is 21.9 Å². The summed E-state index contributed by atoms with van der Waals surface area (Å²) in [4.78, 5) is 56.5. The minimum absolute atomic E-state index is 0.00335. The minimum atomic E-state index is -0.577. The molecule has 2 aromatic heterocycles. The molecule has 0 fully saturated rings. The van der Waals surface area contributed by atoms with E-state index < -0.39 is 17.2 Å². The van der Waals surface area contributed by atoms with Gasteiger partial charge in [0.05, 0.1) is 6.20 Å². The average molecular weight is 426 g/mol. The first-order valence-corrected chi connectivity index (χ1v) is 9.58. The molecule has 0 unspecified atom stereocenters. The number of aryl methyl sites for hydroxylation is 1. The fourth-order valence-corrected chi connectivity index (χ4v) is 2.89. The van der Waals surface area contributed by atoms with Crippen LogP contribution >= 0.6 is 0 Å². The molecule has 0 aliphatic carbocycles. The number of aromatic hydroxyl groups is 1. The number of aromatic nitrogens is 4. The molecule has 162 valence electrons. The minimum Gasteiger partial charge on any atom is -0.508 e. The molecule has 0 spiro atoms. The van der Waals surface area contributed by atoms with Gasteiger partial charge in [-0.3, -0.25) is 23.5 Å². The Morgan fingerprint density at radius 2 is 1.58 bits per heavy atom. The van der Waals surface area contributed by atoms with Crippen LogP contribution in [-0.4, -0.2) is 49.1 Å². The van der Waals surface area contributed by atoms with Gasteiger partial charge in [-0.05, 0) is 37.1 Å². The lowest BCUT2D eigenvalue weighted by molar-refractivity contribution is 0.0937. The number of amides is 2. The van der Waals surface area contributed by atoms with Crippen molar-refractivity contribution in [1.29, 1.82) is 0 Å². The standard InChI is InChI=1S/C20H22N6O5/c1-25-16-15(19(30)26(2)20(25)31)23-11-14(24-16)18(29)22-10-4-3-9-21-17(28)12-5-7-13(27)8-6-12/h5-8,11,27H,3-4,9-10H2,1-2H3,(H,21,28)(H,22,29). The Labute approximate surface area is 176 Å². The van der Waals surface area contributed by atoms with Crippen LogP contribution in [0.3, 0.4) is 0 Å². The zero-order chi connectivity index (χ0) is 22.5. The number of rotatable bonds is 7. The number of hydrogen-bond acceptors (Lipinski definition) is 7. The van der Waals surface area contributed by atoms with Gasteiger partial charge in [-0.25, -0.2) is 14.8 Å². The van der Waals surface area contributed by atoms with Gasteiger partial charge in [0.25, 0.3) is 17.4 Å². The summed E-state index contributed by atoms with van der Waals surface area (Å²) >= 11 is 0. The zero-order valence-corrected chi connectivity index (χ0v) is 17.1. The van der Waals surface area contributed by atoms with Gasteiger partial charge in [0, 0.05) is 32.7 Å². The molecule has 2 amide bonds. The molecule has 0 bridgehead atoms. The highest BCUT2D eigenvalue weighted by atomic mass is 16.3. The van der Waals surface area contributed by atoms with Crippen LogP contribution in [0.25, 0.3) is 11.2 Å². The summed E-state index contributed by atoms with van der Waals surface area (Å²) in [6.07, 6.45) is 2.45. The van der Waals surface area contributed by atoms with Gasteiger partial charge in [-0.15, -0.1) is 0 Å². The van der Waals surface area contributed by atoms with Crippen LogP contribution in [0.15, 0.2) is 40.1 Å². The second-order valence-corrected chi connectivity index (χ2v) is 6.90. The quantitative estimate of drug-likeness (QED) is 0.438. The number of carbonyl (C=O) groups is 2. The maximum Gasteiger partial charge on any atom is 0.332 e. The number of phenolic OH excluding ortho intramolecular Hbond substituents is 1. The first-order chi connectivity index (χ1) is 14.8. The molecule has 3 N–H and O–H groups in total. The number of nitrogens with one attached hydrogen (secondary N) is 2. The van der Waals surface area contributed by atoms with Gasteiger partial charge in [-0.2, -0.15) is 0 Å². The molecule has 2 heterocycles. The largest absolute Gasteiger partial charge is 0.508 e. The lowest BCUT2D eigenvalue weighted by Gasteiger charge is -2.08. The van der Waals surface area contributed by atoms with E-state index >= 15 is 0 Å². The Bertz CT molecular complexity index is 1250. The lowest BCUT2D eigenvalue weighted by atomic mass is 10.2. The summed E-state index contributed by atoms with van der Waals surface area (Å²) in [5, 5.41) is 14.7. The van der Waals surface area contributed by atoms with Crippen molar-refractivity contribution >= 4 is 23.0 Å². The maximum absolute atomic E-state index is 12.3. The molecule has 0 saturated carbocycles. The number of phenols is 1. The molecule has 3 rings (SSSR count). The first-order valence-electron chi connectivity index (χ1n) is 9.58. The second kappa shape index (κ2) is 9.20. The van der Waals surface area contributed by atoms with Crippen molar-refractivity contribution in [3.05, 3.63) is 62.6 Å². The van der Waals surface area contributed by atoms with Crippen molar-refractivity contribution in [2.75, 3.05) is 13.1 Å². The molecule has 31 heavy (non-hydrogen) atoms. The average Bonchev–Trinajstić information content (AvgIpc) is 2.78. The molecular weight excluding hydrogens is 404 g/mol. The van der Waals surface area contributed by atoms with E-state index in [4.69, 9.17) is 0 Å². The molecule has 3 aromatic rings. The van der Waals surface area contributed by atoms with Gasteiger partial charge >= 0.3 is 5.69 Å². The summed E-state index contributed by atoms with van der Waals surface area (Å²) in [5.74, 6) is -0.629. The summed E-state index contributed by atoms with van der Waals surface area (Å²) in [6.45, 7) is 0.778. The van der Waals surface area contributed by atoms with Crippen LogP contribution in [-0.2, 0) is 14.1 Å². The molecule has 0 saturated heterocycles. The predicted molar refractivity (Wildman–Crippen MR) is 112 cm³/mol. The summed E-state index contributed by atoms with van der Waals surface area (Å²) in [7, 11) is 2.80. The Balaban J connectivity index is 1.50. The van der Waals surface area contributed by atoms with Crippen molar-refractivity contribution in [2.24, 2.45) is 14.1 Å².